The summed E-state index contributed by atoms with van der Waals surface area (Å²) in [5.41, 5.74) is 3.74. The molecule has 0 unspecified atom stereocenters. The molecule has 0 aliphatic heterocycles. The molecule has 0 bridgehead atoms. The Labute approximate surface area is 199 Å². The standard InChI is InChI=1S/C22H26N6O2.HI/c1-15-7-9-17(10-8-15)21-27-18(14-30-21)13-25-22(23-3)24-12-11-20(29)28-19-6-4-5-16(2)26-19;/h4-10,14H,11-13H2,1-3H3,(H2,23,24,25)(H,26,28,29);1H. The third-order valence-electron chi connectivity index (χ3n) is 4.31. The van der Waals surface area contributed by atoms with Gasteiger partial charge in [0, 0.05) is 31.3 Å². The van der Waals surface area contributed by atoms with E-state index >= 15 is 0 Å². The van der Waals surface area contributed by atoms with Crippen molar-refractivity contribution in [1.82, 2.24) is 20.6 Å². The van der Waals surface area contributed by atoms with Gasteiger partial charge in [0.15, 0.2) is 5.96 Å². The van der Waals surface area contributed by atoms with Gasteiger partial charge in [0.05, 0.1) is 12.2 Å². The molecular formula is C22H27IN6O2. The van der Waals surface area contributed by atoms with Crippen molar-refractivity contribution in [1.29, 1.82) is 0 Å². The second-order valence-corrected chi connectivity index (χ2v) is 6.82. The fourth-order valence-electron chi connectivity index (χ4n) is 2.72. The number of rotatable bonds is 7. The molecule has 0 spiro atoms. The lowest BCUT2D eigenvalue weighted by Crippen LogP contribution is -2.38. The van der Waals surface area contributed by atoms with E-state index in [1.807, 2.05) is 50.2 Å². The Hall–Kier alpha value is -2.95. The first kappa shape index (κ1) is 24.3. The minimum absolute atomic E-state index is 0. The van der Waals surface area contributed by atoms with Crippen molar-refractivity contribution in [2.45, 2.75) is 26.8 Å². The lowest BCUT2D eigenvalue weighted by Gasteiger charge is -2.11. The largest absolute Gasteiger partial charge is 0.444 e. The SMILES string of the molecule is CN=C(NCCC(=O)Nc1cccc(C)n1)NCc1coc(-c2ccc(C)cc2)n1.I. The summed E-state index contributed by atoms with van der Waals surface area (Å²) in [6.45, 7) is 4.81. The van der Waals surface area contributed by atoms with Crippen LogP contribution in [0.25, 0.3) is 11.5 Å². The van der Waals surface area contributed by atoms with E-state index in [1.54, 1.807) is 19.4 Å². The Balaban J connectivity index is 0.00000341. The maximum absolute atomic E-state index is 12.1. The molecule has 3 aromatic rings. The molecule has 0 radical (unpaired) electrons. The number of carbonyl (C=O) groups is 1. The van der Waals surface area contributed by atoms with E-state index in [4.69, 9.17) is 4.42 Å². The minimum Gasteiger partial charge on any atom is -0.444 e. The van der Waals surface area contributed by atoms with Gasteiger partial charge in [-0.15, -0.1) is 24.0 Å². The number of nitrogens with one attached hydrogen (secondary N) is 3. The molecule has 0 saturated carbocycles. The summed E-state index contributed by atoms with van der Waals surface area (Å²) in [5, 5.41) is 9.06. The number of aliphatic imine (C=N–C) groups is 1. The number of amides is 1. The van der Waals surface area contributed by atoms with Crippen molar-refractivity contribution in [2.75, 3.05) is 18.9 Å². The molecule has 3 N–H and O–H groups in total. The van der Waals surface area contributed by atoms with Crippen LogP contribution in [0.4, 0.5) is 5.82 Å². The van der Waals surface area contributed by atoms with Gasteiger partial charge in [0.2, 0.25) is 11.8 Å². The number of oxazole rings is 1. The van der Waals surface area contributed by atoms with Gasteiger partial charge >= 0.3 is 0 Å². The highest BCUT2D eigenvalue weighted by Crippen LogP contribution is 2.18. The smallest absolute Gasteiger partial charge is 0.227 e. The Morgan fingerprint density at radius 1 is 1.06 bits per heavy atom. The van der Waals surface area contributed by atoms with E-state index in [2.05, 4.69) is 30.9 Å². The van der Waals surface area contributed by atoms with E-state index in [0.29, 0.717) is 30.8 Å². The summed E-state index contributed by atoms with van der Waals surface area (Å²) in [5.74, 6) is 1.60. The summed E-state index contributed by atoms with van der Waals surface area (Å²) >= 11 is 0. The number of nitrogens with zero attached hydrogens (tertiary/aromatic N) is 3. The molecular weight excluding hydrogens is 507 g/mol. The number of hydrogen-bond acceptors (Lipinski definition) is 5. The van der Waals surface area contributed by atoms with Crippen molar-refractivity contribution in [3.8, 4) is 11.5 Å². The normalized spacial score (nSPS) is 10.9. The summed E-state index contributed by atoms with van der Waals surface area (Å²) in [6.07, 6.45) is 1.91. The third kappa shape index (κ3) is 7.67. The molecule has 0 aliphatic carbocycles. The van der Waals surface area contributed by atoms with Crippen LogP contribution >= 0.6 is 24.0 Å². The molecule has 1 amide bonds. The Kier molecular flexibility index (Phi) is 9.44. The molecule has 1 aromatic carbocycles. The summed E-state index contributed by atoms with van der Waals surface area (Å²) in [7, 11) is 1.67. The summed E-state index contributed by atoms with van der Waals surface area (Å²) in [4.78, 5) is 25.0. The van der Waals surface area contributed by atoms with Crippen LogP contribution in [0.5, 0.6) is 0 Å². The van der Waals surface area contributed by atoms with Crippen molar-refractivity contribution >= 4 is 41.7 Å². The average molecular weight is 534 g/mol. The topological polar surface area (TPSA) is 104 Å². The molecule has 0 fully saturated rings. The molecule has 0 saturated heterocycles. The number of anilines is 1. The maximum atomic E-state index is 12.1. The number of aromatic nitrogens is 2. The molecule has 0 atom stereocenters. The molecule has 31 heavy (non-hydrogen) atoms. The lowest BCUT2D eigenvalue weighted by atomic mass is 10.1. The number of guanidine groups is 1. The van der Waals surface area contributed by atoms with Crippen molar-refractivity contribution < 1.29 is 9.21 Å². The van der Waals surface area contributed by atoms with E-state index in [-0.39, 0.29) is 36.3 Å². The highest BCUT2D eigenvalue weighted by molar-refractivity contribution is 14.0. The number of pyridine rings is 1. The predicted molar refractivity (Wildman–Crippen MR) is 133 cm³/mol. The van der Waals surface area contributed by atoms with Crippen LogP contribution in [0.2, 0.25) is 0 Å². The summed E-state index contributed by atoms with van der Waals surface area (Å²) < 4.78 is 5.56. The van der Waals surface area contributed by atoms with E-state index in [0.717, 1.165) is 17.0 Å². The fourth-order valence-corrected chi connectivity index (χ4v) is 2.72. The highest BCUT2D eigenvalue weighted by Gasteiger charge is 2.08. The minimum atomic E-state index is -0.115. The van der Waals surface area contributed by atoms with Crippen LogP contribution in [0.15, 0.2) is 58.1 Å². The van der Waals surface area contributed by atoms with Crippen LogP contribution in [0.3, 0.4) is 0 Å². The number of hydrogen-bond donors (Lipinski definition) is 3. The predicted octanol–water partition coefficient (Wildman–Crippen LogP) is 3.67. The molecule has 0 aliphatic rings. The first-order valence-electron chi connectivity index (χ1n) is 9.73. The van der Waals surface area contributed by atoms with Crippen LogP contribution in [0.1, 0.15) is 23.4 Å². The van der Waals surface area contributed by atoms with Gasteiger partial charge in [0.1, 0.15) is 12.1 Å². The monoisotopic (exact) mass is 534 g/mol. The molecule has 9 heteroatoms. The van der Waals surface area contributed by atoms with Crippen LogP contribution in [0, 0.1) is 13.8 Å². The second-order valence-electron chi connectivity index (χ2n) is 6.82. The highest BCUT2D eigenvalue weighted by atomic mass is 127. The molecule has 2 heterocycles. The van der Waals surface area contributed by atoms with Crippen LogP contribution in [-0.4, -0.2) is 35.4 Å². The van der Waals surface area contributed by atoms with E-state index in [1.165, 1.54) is 5.56 Å². The molecule has 164 valence electrons. The zero-order valence-electron chi connectivity index (χ0n) is 17.8. The molecule has 8 nitrogen and oxygen atoms in total. The molecule has 3 rings (SSSR count). The van der Waals surface area contributed by atoms with Gasteiger partial charge in [0.25, 0.3) is 0 Å². The number of benzene rings is 1. The van der Waals surface area contributed by atoms with Crippen LogP contribution in [-0.2, 0) is 11.3 Å². The Bertz CT molecular complexity index is 1020. The van der Waals surface area contributed by atoms with Gasteiger partial charge in [-0.25, -0.2) is 9.97 Å². The van der Waals surface area contributed by atoms with Gasteiger partial charge in [-0.3, -0.25) is 9.79 Å². The van der Waals surface area contributed by atoms with Gasteiger partial charge in [-0.05, 0) is 38.1 Å². The molecule has 2 aromatic heterocycles. The lowest BCUT2D eigenvalue weighted by molar-refractivity contribution is -0.116. The maximum Gasteiger partial charge on any atom is 0.227 e. The average Bonchev–Trinajstić information content (AvgIpc) is 3.20. The fraction of sp³-hybridized carbons (Fsp3) is 0.273. The van der Waals surface area contributed by atoms with Gasteiger partial charge < -0.3 is 20.4 Å². The second kappa shape index (κ2) is 12.0. The van der Waals surface area contributed by atoms with E-state index < -0.39 is 0 Å². The Morgan fingerprint density at radius 3 is 2.55 bits per heavy atom. The first-order valence-corrected chi connectivity index (χ1v) is 9.73. The first-order chi connectivity index (χ1) is 14.5. The van der Waals surface area contributed by atoms with Crippen LogP contribution < -0.4 is 16.0 Å². The third-order valence-corrected chi connectivity index (χ3v) is 4.31. The summed E-state index contributed by atoms with van der Waals surface area (Å²) in [6, 6.07) is 13.5. The van der Waals surface area contributed by atoms with Crippen molar-refractivity contribution in [3.05, 3.63) is 65.7 Å². The van der Waals surface area contributed by atoms with Gasteiger partial charge in [-0.1, -0.05) is 23.8 Å². The number of carbonyl (C=O) groups excluding carboxylic acids is 1. The zero-order chi connectivity index (χ0) is 21.3. The number of aryl methyl sites for hydroxylation is 2. The van der Waals surface area contributed by atoms with E-state index in [9.17, 15) is 4.79 Å². The Morgan fingerprint density at radius 2 is 1.84 bits per heavy atom. The quantitative estimate of drug-likeness (QED) is 0.243. The zero-order valence-corrected chi connectivity index (χ0v) is 20.1. The number of halogens is 1. The van der Waals surface area contributed by atoms with Crippen molar-refractivity contribution in [2.24, 2.45) is 4.99 Å². The van der Waals surface area contributed by atoms with Gasteiger partial charge in [-0.2, -0.15) is 0 Å². The van der Waals surface area contributed by atoms with Crippen molar-refractivity contribution in [3.63, 3.8) is 0 Å².